The summed E-state index contributed by atoms with van der Waals surface area (Å²) in [5, 5.41) is 10.4. The van der Waals surface area contributed by atoms with Gasteiger partial charge in [0.15, 0.2) is 0 Å². The molecule has 0 saturated carbocycles. The number of methoxy groups -OCH3 is 1. The Hall–Kier alpha value is -4.40. The van der Waals surface area contributed by atoms with Crippen molar-refractivity contribution in [2.45, 2.75) is 32.1 Å². The molecule has 0 fully saturated rings. The smallest absolute Gasteiger partial charge is 0.320 e. The predicted octanol–water partition coefficient (Wildman–Crippen LogP) is 3.87. The number of aromatic amines is 1. The van der Waals surface area contributed by atoms with Crippen molar-refractivity contribution in [1.82, 2.24) is 25.1 Å². The van der Waals surface area contributed by atoms with E-state index in [1.165, 1.54) is 4.68 Å². The number of hydrogen-bond donors (Lipinski definition) is 3. The van der Waals surface area contributed by atoms with E-state index in [0.717, 1.165) is 53.8 Å². The van der Waals surface area contributed by atoms with Gasteiger partial charge in [-0.25, -0.2) is 9.78 Å². The molecule has 9 nitrogen and oxygen atoms in total. The van der Waals surface area contributed by atoms with Crippen molar-refractivity contribution in [3.63, 3.8) is 0 Å². The van der Waals surface area contributed by atoms with Crippen LogP contribution in [0.25, 0.3) is 17.2 Å². The maximum absolute atomic E-state index is 12.8. The van der Waals surface area contributed by atoms with Crippen molar-refractivity contribution in [2.24, 2.45) is 0 Å². The topological polar surface area (TPSA) is 114 Å². The first kappa shape index (κ1) is 23.3. The van der Waals surface area contributed by atoms with Gasteiger partial charge in [-0.2, -0.15) is 9.78 Å². The summed E-state index contributed by atoms with van der Waals surface area (Å²) in [6.45, 7) is 0.450. The van der Waals surface area contributed by atoms with Crippen molar-refractivity contribution < 1.29 is 9.53 Å². The number of ether oxygens (including phenoxy) is 1. The van der Waals surface area contributed by atoms with E-state index in [1.807, 2.05) is 54.6 Å². The van der Waals surface area contributed by atoms with Crippen LogP contribution in [0.3, 0.4) is 0 Å². The van der Waals surface area contributed by atoms with Crippen LogP contribution in [0.1, 0.15) is 29.7 Å². The van der Waals surface area contributed by atoms with Gasteiger partial charge in [0.2, 0.25) is 5.95 Å². The van der Waals surface area contributed by atoms with E-state index in [4.69, 9.17) is 9.72 Å². The molecule has 0 bridgehead atoms. The van der Waals surface area contributed by atoms with Crippen LogP contribution in [0, 0.1) is 0 Å². The highest BCUT2D eigenvalue weighted by molar-refractivity contribution is 5.89. The van der Waals surface area contributed by atoms with Crippen LogP contribution in [-0.2, 0) is 19.3 Å². The quantitative estimate of drug-likeness (QED) is 0.368. The van der Waals surface area contributed by atoms with E-state index in [2.05, 4.69) is 20.7 Å². The van der Waals surface area contributed by atoms with Crippen molar-refractivity contribution in [3.8, 4) is 23.0 Å². The largest absolute Gasteiger partial charge is 0.497 e. The number of urea groups is 1. The first-order valence-corrected chi connectivity index (χ1v) is 12.1. The summed E-state index contributed by atoms with van der Waals surface area (Å²) in [6, 6.07) is 18.8. The maximum atomic E-state index is 12.8. The average molecular weight is 485 g/mol. The third-order valence-corrected chi connectivity index (χ3v) is 6.26. The van der Waals surface area contributed by atoms with Gasteiger partial charge in [-0.05, 0) is 49.8 Å². The van der Waals surface area contributed by atoms with Gasteiger partial charge >= 0.3 is 6.03 Å². The molecule has 2 aromatic heterocycles. The van der Waals surface area contributed by atoms with Crippen molar-refractivity contribution in [2.75, 3.05) is 19.0 Å². The monoisotopic (exact) mass is 484 g/mol. The number of amides is 2. The molecular weight excluding hydrogens is 456 g/mol. The van der Waals surface area contributed by atoms with E-state index in [1.54, 1.807) is 13.2 Å². The SMILES string of the molecule is COc1ccc(CCNC(=O)Nc2cc(-c3ccccc3)nn2-c2nc3c(c(=O)[nH]2)CCCC3)cc1. The average Bonchev–Trinajstić information content (AvgIpc) is 3.33. The zero-order valence-electron chi connectivity index (χ0n) is 20.1. The molecule has 0 atom stereocenters. The number of benzene rings is 2. The Labute approximate surface area is 208 Å². The second-order valence-corrected chi connectivity index (χ2v) is 8.69. The predicted molar refractivity (Wildman–Crippen MR) is 138 cm³/mol. The van der Waals surface area contributed by atoms with Crippen LogP contribution in [-0.4, -0.2) is 39.4 Å². The molecule has 0 spiro atoms. The molecule has 2 amide bonds. The molecule has 0 radical (unpaired) electrons. The number of carbonyl (C=O) groups excluding carboxylic acids is 1. The Balaban J connectivity index is 1.37. The molecule has 36 heavy (non-hydrogen) atoms. The zero-order chi connectivity index (χ0) is 24.9. The first-order valence-electron chi connectivity index (χ1n) is 12.1. The molecule has 0 saturated heterocycles. The summed E-state index contributed by atoms with van der Waals surface area (Å²) >= 11 is 0. The number of rotatable bonds is 7. The van der Waals surface area contributed by atoms with Gasteiger partial charge in [0.25, 0.3) is 5.56 Å². The van der Waals surface area contributed by atoms with E-state index in [0.29, 0.717) is 24.5 Å². The fourth-order valence-electron chi connectivity index (χ4n) is 4.35. The number of carbonyl (C=O) groups is 1. The lowest BCUT2D eigenvalue weighted by molar-refractivity contribution is 0.252. The van der Waals surface area contributed by atoms with Crippen molar-refractivity contribution >= 4 is 11.8 Å². The van der Waals surface area contributed by atoms with E-state index in [-0.39, 0.29) is 17.5 Å². The second-order valence-electron chi connectivity index (χ2n) is 8.69. The van der Waals surface area contributed by atoms with Crippen LogP contribution in [0.2, 0.25) is 0 Å². The highest BCUT2D eigenvalue weighted by Crippen LogP contribution is 2.24. The van der Waals surface area contributed by atoms with Crippen molar-refractivity contribution in [3.05, 3.63) is 87.8 Å². The number of nitrogens with zero attached hydrogens (tertiary/aromatic N) is 3. The number of H-pyrrole nitrogens is 1. The number of hydrogen-bond acceptors (Lipinski definition) is 5. The van der Waals surface area contributed by atoms with Crippen LogP contribution in [0.4, 0.5) is 10.6 Å². The zero-order valence-corrected chi connectivity index (χ0v) is 20.1. The number of aryl methyl sites for hydroxylation is 1. The highest BCUT2D eigenvalue weighted by atomic mass is 16.5. The normalized spacial score (nSPS) is 12.6. The Kier molecular flexibility index (Phi) is 6.79. The number of aromatic nitrogens is 4. The first-order chi connectivity index (χ1) is 17.6. The Bertz CT molecular complexity index is 1410. The minimum Gasteiger partial charge on any atom is -0.497 e. The summed E-state index contributed by atoms with van der Waals surface area (Å²) in [5.74, 6) is 1.49. The Morgan fingerprint density at radius 3 is 2.64 bits per heavy atom. The lowest BCUT2D eigenvalue weighted by Gasteiger charge is -2.15. The van der Waals surface area contributed by atoms with Crippen molar-refractivity contribution in [1.29, 1.82) is 0 Å². The molecular formula is C27H28N6O3. The molecule has 3 N–H and O–H groups in total. The van der Waals surface area contributed by atoms with Gasteiger partial charge in [-0.1, -0.05) is 42.5 Å². The summed E-state index contributed by atoms with van der Waals surface area (Å²) in [6.07, 6.45) is 4.15. The van der Waals surface area contributed by atoms with Crippen LogP contribution in [0.5, 0.6) is 5.75 Å². The third-order valence-electron chi connectivity index (χ3n) is 6.26. The lowest BCUT2D eigenvalue weighted by atomic mass is 9.97. The number of fused-ring (bicyclic) bond motifs is 1. The molecule has 2 heterocycles. The van der Waals surface area contributed by atoms with Gasteiger partial charge in [-0.15, -0.1) is 0 Å². The molecule has 1 aliphatic carbocycles. The summed E-state index contributed by atoms with van der Waals surface area (Å²) in [5.41, 5.74) is 4.02. The number of nitrogens with one attached hydrogen (secondary N) is 3. The van der Waals surface area contributed by atoms with Gasteiger partial charge < -0.3 is 10.1 Å². The summed E-state index contributed by atoms with van der Waals surface area (Å²) in [4.78, 5) is 33.1. The second kappa shape index (κ2) is 10.5. The Morgan fingerprint density at radius 2 is 1.86 bits per heavy atom. The standard InChI is InChI=1S/C27H28N6O3/c1-36-20-13-11-18(12-14-20)15-16-28-27(35)30-24-17-23(19-7-3-2-4-8-19)32-33(24)26-29-22-10-6-5-9-21(22)25(34)31-26/h2-4,7-8,11-14,17H,5-6,9-10,15-16H2,1H3,(H2,28,30,35)(H,29,31,34). The molecule has 5 rings (SSSR count). The van der Waals surface area contributed by atoms with Gasteiger partial charge in [0.1, 0.15) is 11.6 Å². The minimum atomic E-state index is -0.371. The third kappa shape index (κ3) is 5.14. The van der Waals surface area contributed by atoms with Gasteiger partial charge in [0, 0.05) is 23.7 Å². The Morgan fingerprint density at radius 1 is 1.08 bits per heavy atom. The highest BCUT2D eigenvalue weighted by Gasteiger charge is 2.20. The summed E-state index contributed by atoms with van der Waals surface area (Å²) < 4.78 is 6.67. The molecule has 184 valence electrons. The van der Waals surface area contributed by atoms with Gasteiger partial charge in [0.05, 0.1) is 18.5 Å². The summed E-state index contributed by atoms with van der Waals surface area (Å²) in [7, 11) is 1.63. The molecule has 1 aliphatic rings. The fourth-order valence-corrected chi connectivity index (χ4v) is 4.35. The van der Waals surface area contributed by atoms with Gasteiger partial charge in [-0.3, -0.25) is 15.1 Å². The molecule has 4 aromatic rings. The van der Waals surface area contributed by atoms with Crippen LogP contribution in [0.15, 0.2) is 65.5 Å². The molecule has 2 aromatic carbocycles. The molecule has 0 aliphatic heterocycles. The number of anilines is 1. The fraction of sp³-hybridized carbons (Fsp3) is 0.259. The van der Waals surface area contributed by atoms with Crippen LogP contribution < -0.4 is 20.9 Å². The van der Waals surface area contributed by atoms with E-state index in [9.17, 15) is 9.59 Å². The minimum absolute atomic E-state index is 0.152. The van der Waals surface area contributed by atoms with E-state index < -0.39 is 0 Å². The molecule has 0 unspecified atom stereocenters. The maximum Gasteiger partial charge on any atom is 0.320 e. The van der Waals surface area contributed by atoms with E-state index >= 15 is 0 Å². The van der Waals surface area contributed by atoms with Crippen LogP contribution >= 0.6 is 0 Å². The molecule has 9 heteroatoms. The lowest BCUT2D eigenvalue weighted by Crippen LogP contribution is -2.31.